The predicted octanol–water partition coefficient (Wildman–Crippen LogP) is 1.92. The monoisotopic (exact) mass is 403 g/mol. The van der Waals surface area contributed by atoms with Crippen LogP contribution in [0.1, 0.15) is 67.8 Å². The van der Waals surface area contributed by atoms with Gasteiger partial charge in [-0.05, 0) is 44.7 Å². The van der Waals surface area contributed by atoms with E-state index in [-0.39, 0.29) is 18.4 Å². The molecule has 3 rings (SSSR count). The molecule has 5 N–H and O–H groups in total. The minimum Gasteiger partial charge on any atom is -0.396 e. The maximum Gasteiger partial charge on any atom is 0.256 e. The maximum absolute atomic E-state index is 12.7. The molecule has 7 heteroatoms. The first-order chi connectivity index (χ1) is 14.0. The van der Waals surface area contributed by atoms with Crippen LogP contribution in [0, 0.1) is 12.8 Å². The van der Waals surface area contributed by atoms with Crippen molar-refractivity contribution in [1.29, 1.82) is 0 Å². The number of carbonyl (C=O) groups excluding carboxylic acids is 1. The zero-order valence-electron chi connectivity index (χ0n) is 17.9. The summed E-state index contributed by atoms with van der Waals surface area (Å²) in [6.07, 6.45) is 10.1. The van der Waals surface area contributed by atoms with Crippen LogP contribution >= 0.6 is 0 Å². The van der Waals surface area contributed by atoms with Gasteiger partial charge < -0.3 is 26.4 Å². The van der Waals surface area contributed by atoms with Crippen molar-refractivity contribution in [3.63, 3.8) is 0 Å². The number of aliphatic hydroxyl groups excluding tert-OH is 1. The van der Waals surface area contributed by atoms with E-state index in [1.54, 1.807) is 13.1 Å². The summed E-state index contributed by atoms with van der Waals surface area (Å²) in [4.78, 5) is 19.4. The molecule has 0 radical (unpaired) electrons. The van der Waals surface area contributed by atoms with Crippen molar-refractivity contribution >= 4 is 11.7 Å². The van der Waals surface area contributed by atoms with Crippen molar-refractivity contribution in [2.45, 2.75) is 77.0 Å². The fraction of sp³-hybridized carbons (Fsp3) is 0.727. The molecule has 1 saturated carbocycles. The summed E-state index contributed by atoms with van der Waals surface area (Å²) >= 11 is 0. The van der Waals surface area contributed by atoms with E-state index >= 15 is 0 Å². The number of hydrogen-bond acceptors (Lipinski definition) is 6. The van der Waals surface area contributed by atoms with Gasteiger partial charge in [-0.1, -0.05) is 25.7 Å². The molecule has 0 bridgehead atoms. The number of hydrogen-bond donors (Lipinski definition) is 4. The Balaban J connectivity index is 1.71. The number of anilines is 1. The van der Waals surface area contributed by atoms with Crippen LogP contribution < -0.4 is 21.3 Å². The third-order valence-corrected chi connectivity index (χ3v) is 6.18. The Morgan fingerprint density at radius 3 is 2.69 bits per heavy atom. The summed E-state index contributed by atoms with van der Waals surface area (Å²) in [5.41, 5.74) is 7.24. The Kier molecular flexibility index (Phi) is 7.86. The van der Waals surface area contributed by atoms with Crippen LogP contribution in [-0.4, -0.2) is 53.9 Å². The molecule has 0 spiro atoms. The standard InChI is InChI=1S/C22H37N5O2/c1-15-11-19(22(29)25-16(2)23)21(24-12-15)27-10-9-20(17(13-27)14-28)26-18-7-5-3-4-6-8-18/h11-12,16-18,20,26,28H,3-10,13-14,23H2,1-2H3,(H,25,29). The molecule has 7 nitrogen and oxygen atoms in total. The molecular formula is C22H37N5O2. The maximum atomic E-state index is 12.7. The fourth-order valence-electron chi connectivity index (χ4n) is 4.64. The van der Waals surface area contributed by atoms with Gasteiger partial charge in [0.25, 0.3) is 5.91 Å². The van der Waals surface area contributed by atoms with E-state index in [2.05, 4.69) is 20.5 Å². The topological polar surface area (TPSA) is 104 Å². The lowest BCUT2D eigenvalue weighted by atomic mass is 9.91. The molecular weight excluding hydrogens is 366 g/mol. The predicted molar refractivity (Wildman–Crippen MR) is 116 cm³/mol. The highest BCUT2D eigenvalue weighted by Gasteiger charge is 2.32. The van der Waals surface area contributed by atoms with Crippen LogP contribution in [0.2, 0.25) is 0 Å². The highest BCUT2D eigenvalue weighted by Crippen LogP contribution is 2.27. The lowest BCUT2D eigenvalue weighted by molar-refractivity contribution is 0.0941. The van der Waals surface area contributed by atoms with Crippen LogP contribution in [0.25, 0.3) is 0 Å². The Hall–Kier alpha value is -1.70. The van der Waals surface area contributed by atoms with Crippen LogP contribution in [0.4, 0.5) is 5.82 Å². The number of nitrogens with zero attached hydrogens (tertiary/aromatic N) is 2. The van der Waals surface area contributed by atoms with Crippen molar-refractivity contribution in [2.75, 3.05) is 24.6 Å². The first-order valence-electron chi connectivity index (χ1n) is 11.1. The highest BCUT2D eigenvalue weighted by atomic mass is 16.3. The number of piperidine rings is 1. The van der Waals surface area contributed by atoms with Crippen molar-refractivity contribution in [3.05, 3.63) is 23.4 Å². The van der Waals surface area contributed by atoms with Gasteiger partial charge in [0.2, 0.25) is 0 Å². The molecule has 1 saturated heterocycles. The van der Waals surface area contributed by atoms with Gasteiger partial charge in [-0.3, -0.25) is 4.79 Å². The minimum atomic E-state index is -0.421. The number of rotatable bonds is 6. The SMILES string of the molecule is Cc1cnc(N2CCC(NC3CCCCCC3)C(CO)C2)c(C(=O)NC(C)N)c1. The van der Waals surface area contributed by atoms with Gasteiger partial charge in [-0.2, -0.15) is 0 Å². The summed E-state index contributed by atoms with van der Waals surface area (Å²) in [6, 6.07) is 2.74. The lowest BCUT2D eigenvalue weighted by Gasteiger charge is -2.41. The molecule has 1 aliphatic heterocycles. The molecule has 162 valence electrons. The largest absolute Gasteiger partial charge is 0.396 e. The molecule has 1 aromatic rings. The molecule has 1 amide bonds. The molecule has 29 heavy (non-hydrogen) atoms. The van der Waals surface area contributed by atoms with E-state index in [4.69, 9.17) is 5.73 Å². The van der Waals surface area contributed by atoms with Crippen LogP contribution in [0.15, 0.2) is 12.3 Å². The van der Waals surface area contributed by atoms with Gasteiger partial charge in [0.15, 0.2) is 0 Å². The molecule has 0 aromatic carbocycles. The molecule has 1 aromatic heterocycles. The van der Waals surface area contributed by atoms with Gasteiger partial charge in [0.05, 0.1) is 11.7 Å². The summed E-state index contributed by atoms with van der Waals surface area (Å²) in [6.45, 7) is 5.31. The summed E-state index contributed by atoms with van der Waals surface area (Å²) in [5, 5.41) is 16.7. The second-order valence-electron chi connectivity index (χ2n) is 8.78. The number of aryl methyl sites for hydroxylation is 1. The van der Waals surface area contributed by atoms with E-state index < -0.39 is 6.17 Å². The van der Waals surface area contributed by atoms with E-state index in [9.17, 15) is 9.90 Å². The van der Waals surface area contributed by atoms with E-state index in [0.29, 0.717) is 30.0 Å². The minimum absolute atomic E-state index is 0.124. The normalized spacial score (nSPS) is 24.8. The van der Waals surface area contributed by atoms with E-state index in [0.717, 1.165) is 18.5 Å². The number of aliphatic hydroxyl groups is 1. The smallest absolute Gasteiger partial charge is 0.256 e. The second kappa shape index (κ2) is 10.4. The molecule has 3 atom stereocenters. The van der Waals surface area contributed by atoms with Gasteiger partial charge in [0.1, 0.15) is 5.82 Å². The van der Waals surface area contributed by atoms with Crippen molar-refractivity contribution in [1.82, 2.24) is 15.6 Å². The van der Waals surface area contributed by atoms with Crippen molar-refractivity contribution < 1.29 is 9.90 Å². The Morgan fingerprint density at radius 2 is 2.03 bits per heavy atom. The number of aromatic nitrogens is 1. The Labute approximate surface area is 174 Å². The molecule has 1 aliphatic carbocycles. The summed E-state index contributed by atoms with van der Waals surface area (Å²) in [5.74, 6) is 0.602. The van der Waals surface area contributed by atoms with Gasteiger partial charge >= 0.3 is 0 Å². The molecule has 2 aliphatic rings. The van der Waals surface area contributed by atoms with Crippen LogP contribution in [0.5, 0.6) is 0 Å². The van der Waals surface area contributed by atoms with Gasteiger partial charge in [-0.15, -0.1) is 0 Å². The van der Waals surface area contributed by atoms with Crippen molar-refractivity contribution in [2.24, 2.45) is 11.7 Å². The average Bonchev–Trinajstić information content (AvgIpc) is 2.96. The third kappa shape index (κ3) is 5.90. The van der Waals surface area contributed by atoms with E-state index in [1.165, 1.54) is 38.5 Å². The first kappa shape index (κ1) is 22.0. The molecule has 2 fully saturated rings. The van der Waals surface area contributed by atoms with Crippen LogP contribution in [0.3, 0.4) is 0 Å². The average molecular weight is 404 g/mol. The van der Waals surface area contributed by atoms with Crippen LogP contribution in [-0.2, 0) is 0 Å². The summed E-state index contributed by atoms with van der Waals surface area (Å²) in [7, 11) is 0. The fourth-order valence-corrected chi connectivity index (χ4v) is 4.64. The number of amides is 1. The first-order valence-corrected chi connectivity index (χ1v) is 11.1. The zero-order chi connectivity index (χ0) is 20.8. The van der Waals surface area contributed by atoms with Gasteiger partial charge in [-0.25, -0.2) is 4.98 Å². The second-order valence-corrected chi connectivity index (χ2v) is 8.78. The number of nitrogens with two attached hydrogens (primary N) is 1. The van der Waals surface area contributed by atoms with E-state index in [1.807, 2.05) is 13.0 Å². The quantitative estimate of drug-likeness (QED) is 0.427. The number of nitrogens with one attached hydrogen (secondary N) is 2. The summed E-state index contributed by atoms with van der Waals surface area (Å²) < 4.78 is 0. The van der Waals surface area contributed by atoms with Crippen molar-refractivity contribution in [3.8, 4) is 0 Å². The van der Waals surface area contributed by atoms with Gasteiger partial charge in [0, 0.05) is 43.9 Å². The third-order valence-electron chi connectivity index (χ3n) is 6.18. The lowest BCUT2D eigenvalue weighted by Crippen LogP contribution is -2.53. The molecule has 3 unspecified atom stereocenters. The zero-order valence-corrected chi connectivity index (χ0v) is 17.9. The highest BCUT2D eigenvalue weighted by molar-refractivity contribution is 5.99. The number of carbonyl (C=O) groups is 1. The molecule has 2 heterocycles. The Morgan fingerprint density at radius 1 is 1.31 bits per heavy atom. The Bertz CT molecular complexity index is 673. The number of pyridine rings is 1.